The van der Waals surface area contributed by atoms with Crippen LogP contribution in [0.15, 0.2) is 18.2 Å². The summed E-state index contributed by atoms with van der Waals surface area (Å²) in [5.41, 5.74) is 6.16. The lowest BCUT2D eigenvalue weighted by Gasteiger charge is -2.03. The molecule has 0 aromatic heterocycles. The number of carboxylic acids is 1. The lowest BCUT2D eigenvalue weighted by molar-refractivity contribution is 0.0695. The third-order valence-electron chi connectivity index (χ3n) is 1.73. The van der Waals surface area contributed by atoms with Crippen LogP contribution in [0, 0.1) is 11.3 Å². The summed E-state index contributed by atoms with van der Waals surface area (Å²) in [4.78, 5) is 10.7. The first kappa shape index (κ1) is 9.23. The molecular weight excluding hydrogens is 168 g/mol. The molecule has 0 bridgehead atoms. The fraction of sp³-hybridized carbons (Fsp3) is 0.111. The van der Waals surface area contributed by atoms with E-state index in [1.54, 1.807) is 6.07 Å². The Bertz CT molecular complexity index is 380. The van der Waals surface area contributed by atoms with Crippen molar-refractivity contribution < 1.29 is 9.90 Å². The highest BCUT2D eigenvalue weighted by atomic mass is 16.4. The van der Waals surface area contributed by atoms with Gasteiger partial charge in [-0.25, -0.2) is 4.79 Å². The summed E-state index contributed by atoms with van der Waals surface area (Å²) in [5.74, 6) is -1.06. The minimum Gasteiger partial charge on any atom is -0.478 e. The molecule has 3 N–H and O–H groups in total. The number of benzene rings is 1. The highest BCUT2D eigenvalue weighted by molar-refractivity contribution is 5.90. The van der Waals surface area contributed by atoms with E-state index in [0.717, 1.165) is 0 Å². The van der Waals surface area contributed by atoms with Crippen molar-refractivity contribution in [3.8, 4) is 6.07 Å². The van der Waals surface area contributed by atoms with Crippen molar-refractivity contribution in [2.75, 3.05) is 0 Å². The summed E-state index contributed by atoms with van der Waals surface area (Å²) in [6, 6.07) is 6.41. The van der Waals surface area contributed by atoms with Gasteiger partial charge in [0.1, 0.15) is 0 Å². The Morgan fingerprint density at radius 1 is 1.62 bits per heavy atom. The van der Waals surface area contributed by atoms with Crippen LogP contribution in [-0.4, -0.2) is 11.1 Å². The van der Waals surface area contributed by atoms with Crippen molar-refractivity contribution in [2.24, 2.45) is 5.73 Å². The molecule has 4 heteroatoms. The van der Waals surface area contributed by atoms with Crippen molar-refractivity contribution >= 4 is 5.97 Å². The molecule has 0 amide bonds. The van der Waals surface area contributed by atoms with E-state index in [1.165, 1.54) is 12.1 Å². The first-order valence-corrected chi connectivity index (χ1v) is 3.66. The lowest BCUT2D eigenvalue weighted by Crippen LogP contribution is -2.08. The zero-order chi connectivity index (χ0) is 9.84. The quantitative estimate of drug-likeness (QED) is 0.694. The number of carboxylic acid groups (broad SMARTS) is 1. The van der Waals surface area contributed by atoms with E-state index in [9.17, 15) is 4.79 Å². The second-order valence-electron chi connectivity index (χ2n) is 2.45. The number of rotatable bonds is 2. The Hall–Kier alpha value is -1.86. The van der Waals surface area contributed by atoms with Gasteiger partial charge in [-0.1, -0.05) is 6.07 Å². The van der Waals surface area contributed by atoms with Crippen LogP contribution in [0.1, 0.15) is 21.5 Å². The maximum Gasteiger partial charge on any atom is 0.336 e. The monoisotopic (exact) mass is 176 g/mol. The number of hydrogen-bond acceptors (Lipinski definition) is 3. The normalized spacial score (nSPS) is 9.23. The molecule has 0 radical (unpaired) electrons. The number of nitrogens with two attached hydrogens (primary N) is 1. The van der Waals surface area contributed by atoms with E-state index in [2.05, 4.69) is 0 Å². The van der Waals surface area contributed by atoms with Gasteiger partial charge in [-0.3, -0.25) is 0 Å². The second-order valence-corrected chi connectivity index (χ2v) is 2.45. The fourth-order valence-electron chi connectivity index (χ4n) is 1.11. The highest BCUT2D eigenvalue weighted by Gasteiger charge is 2.11. The number of hydrogen-bond donors (Lipinski definition) is 2. The molecular formula is C9H8N2O2. The Labute approximate surface area is 75.2 Å². The average molecular weight is 176 g/mol. The summed E-state index contributed by atoms with van der Waals surface area (Å²) in [6.07, 6.45) is 0. The van der Waals surface area contributed by atoms with Crippen LogP contribution in [0.3, 0.4) is 0 Å². The first-order valence-electron chi connectivity index (χ1n) is 3.66. The molecule has 0 aliphatic rings. The lowest BCUT2D eigenvalue weighted by atomic mass is 10.0. The van der Waals surface area contributed by atoms with Gasteiger partial charge >= 0.3 is 5.97 Å². The Morgan fingerprint density at radius 3 is 2.77 bits per heavy atom. The van der Waals surface area contributed by atoms with Crippen molar-refractivity contribution in [1.29, 1.82) is 5.26 Å². The van der Waals surface area contributed by atoms with Gasteiger partial charge in [-0.15, -0.1) is 0 Å². The maximum atomic E-state index is 10.7. The minimum atomic E-state index is -1.06. The van der Waals surface area contributed by atoms with Gasteiger partial charge in [0.25, 0.3) is 0 Å². The Morgan fingerprint density at radius 2 is 2.31 bits per heavy atom. The molecule has 66 valence electrons. The largest absolute Gasteiger partial charge is 0.478 e. The summed E-state index contributed by atoms with van der Waals surface area (Å²) < 4.78 is 0. The Kier molecular flexibility index (Phi) is 2.62. The number of aromatic carboxylic acids is 1. The SMILES string of the molecule is N#Cc1cccc(C(=O)O)c1CN. The molecule has 4 nitrogen and oxygen atoms in total. The molecule has 0 saturated heterocycles. The van der Waals surface area contributed by atoms with Crippen LogP contribution in [0.25, 0.3) is 0 Å². The van der Waals surface area contributed by atoms with Gasteiger partial charge in [-0.2, -0.15) is 5.26 Å². The van der Waals surface area contributed by atoms with Crippen molar-refractivity contribution in [2.45, 2.75) is 6.54 Å². The molecule has 0 aliphatic carbocycles. The average Bonchev–Trinajstić information content (AvgIpc) is 2.16. The summed E-state index contributed by atoms with van der Waals surface area (Å²) >= 11 is 0. The van der Waals surface area contributed by atoms with Crippen LogP contribution in [-0.2, 0) is 6.54 Å². The van der Waals surface area contributed by atoms with E-state index >= 15 is 0 Å². The van der Waals surface area contributed by atoms with Gasteiger partial charge in [0.15, 0.2) is 0 Å². The van der Waals surface area contributed by atoms with E-state index in [1.807, 2.05) is 6.07 Å². The standard InChI is InChI=1S/C9H8N2O2/c10-4-6-2-1-3-7(9(12)13)8(6)5-11/h1-3H,5,11H2,(H,12,13). The van der Waals surface area contributed by atoms with Gasteiger partial charge < -0.3 is 10.8 Å². The molecule has 0 atom stereocenters. The van der Waals surface area contributed by atoms with Gasteiger partial charge in [0.05, 0.1) is 17.2 Å². The van der Waals surface area contributed by atoms with Crippen LogP contribution in [0.5, 0.6) is 0 Å². The smallest absolute Gasteiger partial charge is 0.336 e. The van der Waals surface area contributed by atoms with Crippen LogP contribution < -0.4 is 5.73 Å². The molecule has 0 fully saturated rings. The molecule has 1 rings (SSSR count). The van der Waals surface area contributed by atoms with Gasteiger partial charge in [0.2, 0.25) is 0 Å². The fourth-order valence-corrected chi connectivity index (χ4v) is 1.11. The number of nitriles is 1. The zero-order valence-corrected chi connectivity index (χ0v) is 6.82. The number of nitrogens with zero attached hydrogens (tertiary/aromatic N) is 1. The van der Waals surface area contributed by atoms with E-state index in [4.69, 9.17) is 16.1 Å². The summed E-state index contributed by atoms with van der Waals surface area (Å²) in [5, 5.41) is 17.4. The van der Waals surface area contributed by atoms with Crippen LogP contribution >= 0.6 is 0 Å². The molecule has 13 heavy (non-hydrogen) atoms. The first-order chi connectivity index (χ1) is 6.20. The predicted molar refractivity (Wildman–Crippen MR) is 46.0 cm³/mol. The van der Waals surface area contributed by atoms with Crippen LogP contribution in [0.4, 0.5) is 0 Å². The van der Waals surface area contributed by atoms with Crippen molar-refractivity contribution in [1.82, 2.24) is 0 Å². The third kappa shape index (κ3) is 1.66. The molecule has 0 saturated carbocycles. The summed E-state index contributed by atoms with van der Waals surface area (Å²) in [6.45, 7) is 0.0609. The molecule has 0 heterocycles. The van der Waals surface area contributed by atoms with E-state index in [0.29, 0.717) is 11.1 Å². The van der Waals surface area contributed by atoms with Gasteiger partial charge in [-0.05, 0) is 17.7 Å². The van der Waals surface area contributed by atoms with E-state index < -0.39 is 5.97 Å². The molecule has 0 spiro atoms. The van der Waals surface area contributed by atoms with Gasteiger partial charge in [0, 0.05) is 6.54 Å². The van der Waals surface area contributed by atoms with Crippen molar-refractivity contribution in [3.63, 3.8) is 0 Å². The van der Waals surface area contributed by atoms with Crippen LogP contribution in [0.2, 0.25) is 0 Å². The third-order valence-corrected chi connectivity index (χ3v) is 1.73. The zero-order valence-electron chi connectivity index (χ0n) is 6.82. The molecule has 1 aromatic rings. The summed E-state index contributed by atoms with van der Waals surface area (Å²) in [7, 11) is 0. The number of carbonyl (C=O) groups is 1. The molecule has 1 aromatic carbocycles. The molecule has 0 unspecified atom stereocenters. The highest BCUT2D eigenvalue weighted by Crippen LogP contribution is 2.13. The maximum absolute atomic E-state index is 10.7. The van der Waals surface area contributed by atoms with Crippen molar-refractivity contribution in [3.05, 3.63) is 34.9 Å². The molecule has 0 aliphatic heterocycles. The Balaban J connectivity index is 3.38. The topological polar surface area (TPSA) is 87.1 Å². The second kappa shape index (κ2) is 3.70. The predicted octanol–water partition coefficient (Wildman–Crippen LogP) is 0.715. The minimum absolute atomic E-state index is 0.0609. The van der Waals surface area contributed by atoms with E-state index in [-0.39, 0.29) is 12.1 Å².